The van der Waals surface area contributed by atoms with Crippen LogP contribution in [-0.4, -0.2) is 23.9 Å². The van der Waals surface area contributed by atoms with Crippen molar-refractivity contribution in [1.29, 1.82) is 0 Å². The van der Waals surface area contributed by atoms with E-state index in [9.17, 15) is 4.79 Å². The minimum atomic E-state index is 0.292. The highest BCUT2D eigenvalue weighted by atomic mass is 35.5. The van der Waals surface area contributed by atoms with Crippen molar-refractivity contribution in [2.24, 2.45) is 0 Å². The normalized spacial score (nSPS) is 15.1. The van der Waals surface area contributed by atoms with Crippen molar-refractivity contribution in [3.8, 4) is 0 Å². The Morgan fingerprint density at radius 1 is 1.33 bits per heavy atom. The molecular weight excluding hydrogens is 246 g/mol. The second-order valence-corrected chi connectivity index (χ2v) is 5.25. The van der Waals surface area contributed by atoms with Gasteiger partial charge in [-0.2, -0.15) is 0 Å². The maximum Gasteiger partial charge on any atom is 0.222 e. The van der Waals surface area contributed by atoms with Crippen LogP contribution < -0.4 is 0 Å². The summed E-state index contributed by atoms with van der Waals surface area (Å²) >= 11 is 5.90. The summed E-state index contributed by atoms with van der Waals surface area (Å²) in [5.74, 6) is 0.834. The Balaban J connectivity index is 1.91. The van der Waals surface area contributed by atoms with Gasteiger partial charge in [-0.25, -0.2) is 0 Å². The van der Waals surface area contributed by atoms with Crippen LogP contribution in [0.5, 0.6) is 0 Å². The van der Waals surface area contributed by atoms with Crippen LogP contribution in [0.2, 0.25) is 0 Å². The molecule has 0 bridgehead atoms. The van der Waals surface area contributed by atoms with Crippen LogP contribution >= 0.6 is 11.6 Å². The smallest absolute Gasteiger partial charge is 0.222 e. The fraction of sp³-hybridized carbons (Fsp3) is 0.533. The van der Waals surface area contributed by atoms with Crippen LogP contribution in [0.3, 0.4) is 0 Å². The zero-order valence-corrected chi connectivity index (χ0v) is 11.7. The third-order valence-corrected chi connectivity index (χ3v) is 3.93. The summed E-state index contributed by atoms with van der Waals surface area (Å²) in [6, 6.07) is 6.32. The summed E-state index contributed by atoms with van der Waals surface area (Å²) in [4.78, 5) is 13.9. The molecule has 1 aromatic rings. The van der Waals surface area contributed by atoms with Gasteiger partial charge in [0.15, 0.2) is 0 Å². The molecule has 1 amide bonds. The summed E-state index contributed by atoms with van der Waals surface area (Å²) in [5, 5.41) is 0. The van der Waals surface area contributed by atoms with Crippen molar-refractivity contribution in [1.82, 2.24) is 4.90 Å². The van der Waals surface area contributed by atoms with Crippen LogP contribution in [0.25, 0.3) is 0 Å². The van der Waals surface area contributed by atoms with E-state index in [0.717, 1.165) is 32.4 Å². The van der Waals surface area contributed by atoms with Gasteiger partial charge in [0.25, 0.3) is 0 Å². The van der Waals surface area contributed by atoms with Crippen LogP contribution in [0, 0.1) is 6.92 Å². The lowest BCUT2D eigenvalue weighted by atomic mass is 10.0. The van der Waals surface area contributed by atoms with Crippen LogP contribution in [-0.2, 0) is 17.1 Å². The molecule has 1 heterocycles. The Kier molecular flexibility index (Phi) is 4.65. The number of hydrogen-bond donors (Lipinski definition) is 0. The van der Waals surface area contributed by atoms with Gasteiger partial charge in [-0.1, -0.05) is 18.2 Å². The number of likely N-dealkylation sites (tertiary alicyclic amines) is 1. The fourth-order valence-corrected chi connectivity index (χ4v) is 2.69. The molecule has 0 unspecified atom stereocenters. The van der Waals surface area contributed by atoms with Gasteiger partial charge in [0.2, 0.25) is 5.91 Å². The zero-order valence-electron chi connectivity index (χ0n) is 10.9. The second-order valence-electron chi connectivity index (χ2n) is 4.98. The molecule has 1 aromatic carbocycles. The first-order valence-electron chi connectivity index (χ1n) is 6.63. The average molecular weight is 266 g/mol. The number of nitrogens with zero attached hydrogens (tertiary/aromatic N) is 1. The molecule has 1 aliphatic rings. The molecule has 3 heteroatoms. The molecule has 0 radical (unpaired) electrons. The molecule has 2 rings (SSSR count). The number of carbonyl (C=O) groups excluding carboxylic acids is 1. The largest absolute Gasteiger partial charge is 0.343 e. The zero-order chi connectivity index (χ0) is 13.0. The van der Waals surface area contributed by atoms with E-state index in [0.29, 0.717) is 18.2 Å². The van der Waals surface area contributed by atoms with Crippen molar-refractivity contribution in [2.45, 2.75) is 38.5 Å². The van der Waals surface area contributed by atoms with Crippen molar-refractivity contribution in [3.05, 3.63) is 34.9 Å². The summed E-state index contributed by atoms with van der Waals surface area (Å²) < 4.78 is 0. The van der Waals surface area contributed by atoms with E-state index < -0.39 is 0 Å². The predicted molar refractivity (Wildman–Crippen MR) is 74.9 cm³/mol. The number of amides is 1. The first kappa shape index (κ1) is 13.4. The molecule has 0 N–H and O–H groups in total. The van der Waals surface area contributed by atoms with Crippen LogP contribution in [0.15, 0.2) is 18.2 Å². The number of carbonyl (C=O) groups is 1. The maximum absolute atomic E-state index is 11.9. The first-order chi connectivity index (χ1) is 8.70. The van der Waals surface area contributed by atoms with Crippen molar-refractivity contribution < 1.29 is 4.79 Å². The Bertz CT molecular complexity index is 425. The molecule has 98 valence electrons. The maximum atomic E-state index is 11.9. The molecule has 0 atom stereocenters. The number of aryl methyl sites for hydroxylation is 2. The van der Waals surface area contributed by atoms with Gasteiger partial charge < -0.3 is 4.90 Å². The Labute approximate surface area is 114 Å². The Morgan fingerprint density at radius 2 is 2.06 bits per heavy atom. The number of alkyl halides is 1. The highest BCUT2D eigenvalue weighted by Crippen LogP contribution is 2.16. The summed E-state index contributed by atoms with van der Waals surface area (Å²) in [6.45, 7) is 3.95. The van der Waals surface area contributed by atoms with Gasteiger partial charge >= 0.3 is 0 Å². The first-order valence-corrected chi connectivity index (χ1v) is 7.16. The van der Waals surface area contributed by atoms with E-state index in [1.807, 2.05) is 4.90 Å². The van der Waals surface area contributed by atoms with E-state index >= 15 is 0 Å². The minimum Gasteiger partial charge on any atom is -0.343 e. The summed E-state index contributed by atoms with van der Waals surface area (Å²) in [7, 11) is 0. The van der Waals surface area contributed by atoms with Gasteiger partial charge in [-0.05, 0) is 42.9 Å². The lowest BCUT2D eigenvalue weighted by molar-refractivity contribution is -0.130. The lowest BCUT2D eigenvalue weighted by Gasteiger charge is -2.15. The molecule has 0 spiro atoms. The summed E-state index contributed by atoms with van der Waals surface area (Å²) in [5.41, 5.74) is 3.60. The molecular formula is C15H20ClNO. The molecule has 1 aliphatic heterocycles. The van der Waals surface area contributed by atoms with E-state index in [2.05, 4.69) is 25.1 Å². The van der Waals surface area contributed by atoms with E-state index in [4.69, 9.17) is 11.6 Å². The number of benzene rings is 1. The predicted octanol–water partition coefficient (Wildman–Crippen LogP) is 3.29. The molecule has 0 saturated carbocycles. The number of halogens is 1. The quantitative estimate of drug-likeness (QED) is 0.765. The van der Waals surface area contributed by atoms with E-state index in [-0.39, 0.29) is 0 Å². The molecule has 1 saturated heterocycles. The van der Waals surface area contributed by atoms with Gasteiger partial charge in [-0.3, -0.25) is 4.79 Å². The molecule has 18 heavy (non-hydrogen) atoms. The molecule has 1 fully saturated rings. The van der Waals surface area contributed by atoms with Crippen molar-refractivity contribution in [2.75, 3.05) is 13.1 Å². The second kappa shape index (κ2) is 6.24. The van der Waals surface area contributed by atoms with Gasteiger partial charge in [-0.15, -0.1) is 11.6 Å². The Hall–Kier alpha value is -1.02. The Morgan fingerprint density at radius 3 is 2.72 bits per heavy atom. The minimum absolute atomic E-state index is 0.292. The standard InChI is InChI=1S/C15H20ClNO/c1-12-4-5-13(10-14(12)11-16)6-7-15(18)17-8-2-3-9-17/h4-5,10H,2-3,6-9,11H2,1H3. The average Bonchev–Trinajstić information content (AvgIpc) is 2.91. The fourth-order valence-electron chi connectivity index (χ4n) is 2.40. The van der Waals surface area contributed by atoms with Gasteiger partial charge in [0.05, 0.1) is 0 Å². The highest BCUT2D eigenvalue weighted by Gasteiger charge is 2.17. The molecule has 2 nitrogen and oxygen atoms in total. The van der Waals surface area contributed by atoms with Crippen LogP contribution in [0.4, 0.5) is 0 Å². The molecule has 0 aliphatic carbocycles. The van der Waals surface area contributed by atoms with E-state index in [1.165, 1.54) is 16.7 Å². The monoisotopic (exact) mass is 265 g/mol. The third kappa shape index (κ3) is 3.26. The summed E-state index contributed by atoms with van der Waals surface area (Å²) in [6.07, 6.45) is 3.75. The lowest BCUT2D eigenvalue weighted by Crippen LogP contribution is -2.27. The number of rotatable bonds is 4. The topological polar surface area (TPSA) is 20.3 Å². The van der Waals surface area contributed by atoms with Crippen LogP contribution in [0.1, 0.15) is 36.0 Å². The SMILES string of the molecule is Cc1ccc(CCC(=O)N2CCCC2)cc1CCl. The van der Waals surface area contributed by atoms with Crippen molar-refractivity contribution in [3.63, 3.8) is 0 Å². The third-order valence-electron chi connectivity index (χ3n) is 3.64. The van der Waals surface area contributed by atoms with Gasteiger partial charge in [0.1, 0.15) is 0 Å². The number of hydrogen-bond acceptors (Lipinski definition) is 1. The highest BCUT2D eigenvalue weighted by molar-refractivity contribution is 6.17. The van der Waals surface area contributed by atoms with E-state index in [1.54, 1.807) is 0 Å². The van der Waals surface area contributed by atoms with Crippen molar-refractivity contribution >= 4 is 17.5 Å². The molecule has 0 aromatic heterocycles. The van der Waals surface area contributed by atoms with Gasteiger partial charge in [0, 0.05) is 25.4 Å².